The molecule has 3 heterocycles. The highest BCUT2D eigenvalue weighted by atomic mass is 32.1. The summed E-state index contributed by atoms with van der Waals surface area (Å²) < 4.78 is 5.85. The first-order chi connectivity index (χ1) is 13.9. The summed E-state index contributed by atoms with van der Waals surface area (Å²) in [5.41, 5.74) is 2.95. The number of aromatic nitrogens is 2. The monoisotopic (exact) mass is 407 g/mol. The average molecular weight is 408 g/mol. The van der Waals surface area contributed by atoms with E-state index in [2.05, 4.69) is 32.8 Å². The first kappa shape index (κ1) is 18.7. The third kappa shape index (κ3) is 5.18. The molecular weight excluding hydrogens is 386 g/mol. The highest BCUT2D eigenvalue weighted by Crippen LogP contribution is 2.27. The van der Waals surface area contributed by atoms with Crippen LogP contribution in [0.4, 0.5) is 10.8 Å². The van der Waals surface area contributed by atoms with Crippen molar-refractivity contribution >= 4 is 33.5 Å². The fourth-order valence-electron chi connectivity index (χ4n) is 2.78. The van der Waals surface area contributed by atoms with Gasteiger partial charge in [-0.15, -0.1) is 22.7 Å². The van der Waals surface area contributed by atoms with E-state index in [1.54, 1.807) is 17.5 Å². The lowest BCUT2D eigenvalue weighted by molar-refractivity contribution is 0.307. The van der Waals surface area contributed by atoms with Gasteiger partial charge in [-0.05, 0) is 67.1 Å². The van der Waals surface area contributed by atoms with Gasteiger partial charge in [0.1, 0.15) is 5.75 Å². The largest absolute Gasteiger partial charge is 0.494 e. The molecule has 0 saturated carbocycles. The number of nitrogens with one attached hydrogen (secondary N) is 1. The average Bonchev–Trinajstić information content (AvgIpc) is 3.42. The number of unbranched alkanes of at least 4 members (excludes halogenated alkanes) is 1. The van der Waals surface area contributed by atoms with Crippen LogP contribution >= 0.6 is 22.7 Å². The topological polar surface area (TPSA) is 47.0 Å². The summed E-state index contributed by atoms with van der Waals surface area (Å²) in [6.45, 7) is 0.749. The summed E-state index contributed by atoms with van der Waals surface area (Å²) in [7, 11) is 0. The molecule has 142 valence electrons. The predicted octanol–water partition coefficient (Wildman–Crippen LogP) is 6.41. The van der Waals surface area contributed by atoms with E-state index in [0.717, 1.165) is 53.7 Å². The van der Waals surface area contributed by atoms with Crippen LogP contribution in [0.1, 0.15) is 17.7 Å². The fourth-order valence-corrected chi connectivity index (χ4v) is 4.27. The van der Waals surface area contributed by atoms with Gasteiger partial charge >= 0.3 is 0 Å². The normalized spacial score (nSPS) is 10.7. The Morgan fingerprint density at radius 1 is 0.964 bits per heavy atom. The number of benzene rings is 1. The smallest absolute Gasteiger partial charge is 0.187 e. The molecule has 0 bridgehead atoms. The molecule has 0 aliphatic rings. The predicted molar refractivity (Wildman–Crippen MR) is 118 cm³/mol. The third-order valence-corrected chi connectivity index (χ3v) is 5.93. The maximum Gasteiger partial charge on any atom is 0.187 e. The molecular formula is C22H21N3OS2. The van der Waals surface area contributed by atoms with Crippen molar-refractivity contribution in [1.29, 1.82) is 0 Å². The van der Waals surface area contributed by atoms with Crippen LogP contribution in [0.25, 0.3) is 11.3 Å². The van der Waals surface area contributed by atoms with Crippen molar-refractivity contribution in [2.45, 2.75) is 19.3 Å². The molecule has 0 saturated heterocycles. The van der Waals surface area contributed by atoms with Crippen LogP contribution in [0, 0.1) is 0 Å². The summed E-state index contributed by atoms with van der Waals surface area (Å²) in [4.78, 5) is 10.2. The minimum atomic E-state index is 0.749. The number of thiazole rings is 1. The second-order valence-electron chi connectivity index (χ2n) is 6.31. The highest BCUT2D eigenvalue weighted by molar-refractivity contribution is 7.14. The molecule has 3 aromatic heterocycles. The van der Waals surface area contributed by atoms with Crippen LogP contribution in [0.15, 0.2) is 71.7 Å². The quantitative estimate of drug-likeness (QED) is 0.326. The summed E-state index contributed by atoms with van der Waals surface area (Å²) in [5, 5.41) is 8.37. The number of thiophene rings is 1. The Bertz CT molecular complexity index is 967. The standard InChI is InChI=1S/C22H21N3OS2/c1(6-20-7-4-14-27-20)2-13-26-19-10-8-18(9-11-19)24-22-25-21(16-28-22)17-5-3-12-23-15-17/h3-5,7-12,14-16H,1-2,6,13H2,(H,24,25). The van der Waals surface area contributed by atoms with Gasteiger partial charge in [0, 0.05) is 33.9 Å². The van der Waals surface area contributed by atoms with Crippen molar-refractivity contribution in [2.24, 2.45) is 0 Å². The molecule has 1 aromatic carbocycles. The first-order valence-corrected chi connectivity index (χ1v) is 11.0. The first-order valence-electron chi connectivity index (χ1n) is 9.25. The van der Waals surface area contributed by atoms with Crippen LogP contribution in [0.2, 0.25) is 0 Å². The number of aryl methyl sites for hydroxylation is 1. The van der Waals surface area contributed by atoms with E-state index in [0.29, 0.717) is 0 Å². The van der Waals surface area contributed by atoms with Gasteiger partial charge in [-0.25, -0.2) is 4.98 Å². The molecule has 0 spiro atoms. The molecule has 0 radical (unpaired) electrons. The molecule has 0 aliphatic heterocycles. The van der Waals surface area contributed by atoms with Crippen LogP contribution in [0.3, 0.4) is 0 Å². The van der Waals surface area contributed by atoms with Gasteiger partial charge in [0.25, 0.3) is 0 Å². The third-order valence-electron chi connectivity index (χ3n) is 4.23. The second-order valence-corrected chi connectivity index (χ2v) is 8.20. The molecule has 6 heteroatoms. The highest BCUT2D eigenvalue weighted by Gasteiger charge is 2.05. The molecule has 0 fully saturated rings. The zero-order chi connectivity index (χ0) is 19.0. The van der Waals surface area contributed by atoms with Gasteiger partial charge in [0.05, 0.1) is 12.3 Å². The van der Waals surface area contributed by atoms with Gasteiger partial charge in [-0.1, -0.05) is 6.07 Å². The number of anilines is 2. The lowest BCUT2D eigenvalue weighted by Crippen LogP contribution is -1.98. The molecule has 0 aliphatic carbocycles. The Morgan fingerprint density at radius 3 is 2.68 bits per heavy atom. The molecule has 4 aromatic rings. The number of nitrogens with zero attached hydrogens (tertiary/aromatic N) is 2. The SMILES string of the molecule is c1cncc(-c2csc(Nc3ccc(OCCCCc4cccs4)cc3)n2)c1. The van der Waals surface area contributed by atoms with E-state index in [4.69, 9.17) is 4.74 Å². The fraction of sp³-hybridized carbons (Fsp3) is 0.182. The summed E-state index contributed by atoms with van der Waals surface area (Å²) in [5.74, 6) is 0.900. The molecule has 1 N–H and O–H groups in total. The van der Waals surface area contributed by atoms with Crippen molar-refractivity contribution < 1.29 is 4.74 Å². The molecule has 28 heavy (non-hydrogen) atoms. The van der Waals surface area contributed by atoms with E-state index < -0.39 is 0 Å². The minimum Gasteiger partial charge on any atom is -0.494 e. The van der Waals surface area contributed by atoms with Crippen LogP contribution in [-0.2, 0) is 6.42 Å². The Morgan fingerprint density at radius 2 is 1.89 bits per heavy atom. The van der Waals surface area contributed by atoms with Crippen molar-refractivity contribution in [2.75, 3.05) is 11.9 Å². The zero-order valence-electron chi connectivity index (χ0n) is 15.4. The van der Waals surface area contributed by atoms with Crippen molar-refractivity contribution in [3.63, 3.8) is 0 Å². The van der Waals surface area contributed by atoms with E-state index in [1.165, 1.54) is 4.88 Å². The molecule has 0 atom stereocenters. The number of hydrogen-bond acceptors (Lipinski definition) is 6. The number of ether oxygens (including phenoxy) is 1. The van der Waals surface area contributed by atoms with Gasteiger partial charge in [0.2, 0.25) is 0 Å². The summed E-state index contributed by atoms with van der Waals surface area (Å²) in [6.07, 6.45) is 6.95. The Hall–Kier alpha value is -2.70. The van der Waals surface area contributed by atoms with Crippen LogP contribution in [0.5, 0.6) is 5.75 Å². The van der Waals surface area contributed by atoms with E-state index in [-0.39, 0.29) is 0 Å². The van der Waals surface area contributed by atoms with E-state index in [1.807, 2.05) is 59.3 Å². The summed E-state index contributed by atoms with van der Waals surface area (Å²) >= 11 is 3.41. The maximum absolute atomic E-state index is 5.85. The number of pyridine rings is 1. The van der Waals surface area contributed by atoms with Gasteiger partial charge in [-0.2, -0.15) is 0 Å². The van der Waals surface area contributed by atoms with Crippen molar-refractivity contribution in [1.82, 2.24) is 9.97 Å². The Labute approximate surface area is 172 Å². The molecule has 0 unspecified atom stereocenters. The van der Waals surface area contributed by atoms with Crippen LogP contribution < -0.4 is 10.1 Å². The minimum absolute atomic E-state index is 0.749. The number of hydrogen-bond donors (Lipinski definition) is 1. The molecule has 0 amide bonds. The van der Waals surface area contributed by atoms with E-state index in [9.17, 15) is 0 Å². The van der Waals surface area contributed by atoms with Gasteiger partial charge in [-0.3, -0.25) is 4.98 Å². The molecule has 4 rings (SSSR count). The number of rotatable bonds is 9. The van der Waals surface area contributed by atoms with Crippen molar-refractivity contribution in [3.8, 4) is 17.0 Å². The van der Waals surface area contributed by atoms with Gasteiger partial charge in [0.15, 0.2) is 5.13 Å². The maximum atomic E-state index is 5.85. The lowest BCUT2D eigenvalue weighted by atomic mass is 10.2. The van der Waals surface area contributed by atoms with Gasteiger partial charge < -0.3 is 10.1 Å². The van der Waals surface area contributed by atoms with Crippen molar-refractivity contribution in [3.05, 3.63) is 76.6 Å². The van der Waals surface area contributed by atoms with Crippen LogP contribution in [-0.4, -0.2) is 16.6 Å². The summed E-state index contributed by atoms with van der Waals surface area (Å²) in [6, 6.07) is 16.3. The Balaban J connectivity index is 1.24. The molecule has 4 nitrogen and oxygen atoms in total. The Kier molecular flexibility index (Phi) is 6.32. The van der Waals surface area contributed by atoms with E-state index >= 15 is 0 Å². The zero-order valence-corrected chi connectivity index (χ0v) is 17.0. The second kappa shape index (κ2) is 9.48. The lowest BCUT2D eigenvalue weighted by Gasteiger charge is -2.07.